The van der Waals surface area contributed by atoms with Crippen molar-refractivity contribution in [1.29, 1.82) is 0 Å². The van der Waals surface area contributed by atoms with Gasteiger partial charge in [-0.3, -0.25) is 4.79 Å². The van der Waals surface area contributed by atoms with Crippen LogP contribution >= 0.6 is 0 Å². The first-order valence-electron chi connectivity index (χ1n) is 6.78. The van der Waals surface area contributed by atoms with Crippen LogP contribution in [0.15, 0.2) is 30.3 Å². The van der Waals surface area contributed by atoms with Crippen molar-refractivity contribution < 1.29 is 4.79 Å². The number of carbonyl (C=O) groups is 1. The number of rotatable bonds is 4. The zero-order chi connectivity index (χ0) is 13.8. The Balaban J connectivity index is 1.64. The number of amides is 1. The van der Waals surface area contributed by atoms with Crippen LogP contribution in [0, 0.1) is 0 Å². The van der Waals surface area contributed by atoms with Gasteiger partial charge in [0.1, 0.15) is 11.4 Å². The first-order valence-corrected chi connectivity index (χ1v) is 6.78. The maximum absolute atomic E-state index is 11.1. The van der Waals surface area contributed by atoms with Crippen LogP contribution in [0.3, 0.4) is 0 Å². The van der Waals surface area contributed by atoms with E-state index in [4.69, 9.17) is 0 Å². The molecule has 0 aliphatic carbocycles. The van der Waals surface area contributed by atoms with E-state index in [9.17, 15) is 4.79 Å². The van der Waals surface area contributed by atoms with E-state index >= 15 is 0 Å². The minimum absolute atomic E-state index is 0.134. The Hall–Kier alpha value is -2.21. The Kier molecular flexibility index (Phi) is 3.73. The maximum Gasteiger partial charge on any atom is 0.220 e. The molecule has 1 fully saturated rings. The molecule has 1 saturated heterocycles. The number of hydrogen-bond donors (Lipinski definition) is 3. The summed E-state index contributed by atoms with van der Waals surface area (Å²) in [6.45, 7) is 1.32. The molecule has 0 bridgehead atoms. The average Bonchev–Trinajstić information content (AvgIpc) is 2.96. The highest BCUT2D eigenvalue weighted by molar-refractivity contribution is 5.76. The lowest BCUT2D eigenvalue weighted by Gasteiger charge is -2.23. The predicted molar refractivity (Wildman–Crippen MR) is 74.7 cm³/mol. The quantitative estimate of drug-likeness (QED) is 0.769. The predicted octanol–water partition coefficient (Wildman–Crippen LogP) is 0.840. The van der Waals surface area contributed by atoms with Gasteiger partial charge in [-0.05, 0) is 6.42 Å². The van der Waals surface area contributed by atoms with Crippen molar-refractivity contribution in [3.8, 4) is 11.3 Å². The van der Waals surface area contributed by atoms with Gasteiger partial charge in [-0.2, -0.15) is 15.4 Å². The monoisotopic (exact) mass is 271 g/mol. The fraction of sp³-hybridized carbons (Fsp3) is 0.357. The molecule has 1 aliphatic rings. The zero-order valence-corrected chi connectivity index (χ0v) is 11.1. The van der Waals surface area contributed by atoms with Crippen molar-refractivity contribution in [2.75, 3.05) is 6.54 Å². The summed E-state index contributed by atoms with van der Waals surface area (Å²) in [7, 11) is 0. The lowest BCUT2D eigenvalue weighted by molar-refractivity contribution is -0.122. The van der Waals surface area contributed by atoms with Crippen LogP contribution in [-0.4, -0.2) is 33.9 Å². The standard InChI is InChI=1S/C14H17N5O/c20-13-7-6-11(8-16-13)15-9-12-14(18-19-17-12)10-4-2-1-3-5-10/h1-5,11,15H,6-9H2,(H,16,20)(H,17,18,19). The smallest absolute Gasteiger partial charge is 0.220 e. The van der Waals surface area contributed by atoms with Gasteiger partial charge in [-0.25, -0.2) is 0 Å². The highest BCUT2D eigenvalue weighted by Crippen LogP contribution is 2.19. The first kappa shape index (κ1) is 12.8. The molecule has 0 radical (unpaired) electrons. The summed E-state index contributed by atoms with van der Waals surface area (Å²) in [5.74, 6) is 0.134. The van der Waals surface area contributed by atoms with Crippen LogP contribution in [0.4, 0.5) is 0 Å². The number of nitrogens with one attached hydrogen (secondary N) is 3. The van der Waals surface area contributed by atoms with E-state index in [1.54, 1.807) is 0 Å². The van der Waals surface area contributed by atoms with Crippen molar-refractivity contribution in [2.45, 2.75) is 25.4 Å². The minimum Gasteiger partial charge on any atom is -0.355 e. The molecule has 104 valence electrons. The van der Waals surface area contributed by atoms with E-state index in [1.807, 2.05) is 30.3 Å². The lowest BCUT2D eigenvalue weighted by Crippen LogP contribution is -2.45. The molecule has 3 N–H and O–H groups in total. The van der Waals surface area contributed by atoms with Gasteiger partial charge in [-0.1, -0.05) is 30.3 Å². The normalized spacial score (nSPS) is 18.8. The number of nitrogens with zero attached hydrogens (tertiary/aromatic N) is 2. The topological polar surface area (TPSA) is 82.7 Å². The fourth-order valence-electron chi connectivity index (χ4n) is 2.35. The summed E-state index contributed by atoms with van der Waals surface area (Å²) in [6, 6.07) is 10.3. The molecule has 1 aromatic carbocycles. The van der Waals surface area contributed by atoms with Crippen molar-refractivity contribution in [2.24, 2.45) is 0 Å². The number of hydrogen-bond acceptors (Lipinski definition) is 4. The summed E-state index contributed by atoms with van der Waals surface area (Å²) in [5.41, 5.74) is 2.82. The first-order chi connectivity index (χ1) is 9.83. The Morgan fingerprint density at radius 1 is 1.25 bits per heavy atom. The molecule has 6 heteroatoms. The van der Waals surface area contributed by atoms with Crippen LogP contribution in [0.1, 0.15) is 18.5 Å². The zero-order valence-electron chi connectivity index (χ0n) is 11.1. The lowest BCUT2D eigenvalue weighted by atomic mass is 10.1. The van der Waals surface area contributed by atoms with Gasteiger partial charge in [0.05, 0.1) is 0 Å². The minimum atomic E-state index is 0.134. The molecular formula is C14H17N5O. The van der Waals surface area contributed by atoms with Gasteiger partial charge in [0.15, 0.2) is 0 Å². The highest BCUT2D eigenvalue weighted by Gasteiger charge is 2.18. The summed E-state index contributed by atoms with van der Waals surface area (Å²) < 4.78 is 0. The second-order valence-electron chi connectivity index (χ2n) is 4.91. The number of benzene rings is 1. The van der Waals surface area contributed by atoms with E-state index in [-0.39, 0.29) is 5.91 Å². The van der Waals surface area contributed by atoms with E-state index in [0.717, 1.165) is 23.4 Å². The third-order valence-electron chi connectivity index (χ3n) is 3.49. The Labute approximate surface area is 117 Å². The fourth-order valence-corrected chi connectivity index (χ4v) is 2.35. The summed E-state index contributed by atoms with van der Waals surface area (Å²) in [4.78, 5) is 11.1. The average molecular weight is 271 g/mol. The van der Waals surface area contributed by atoms with Crippen molar-refractivity contribution in [3.05, 3.63) is 36.0 Å². The Morgan fingerprint density at radius 2 is 2.10 bits per heavy atom. The molecule has 3 rings (SSSR count). The van der Waals surface area contributed by atoms with Crippen LogP contribution < -0.4 is 10.6 Å². The van der Waals surface area contributed by atoms with E-state index in [1.165, 1.54) is 0 Å². The van der Waals surface area contributed by atoms with Crippen LogP contribution in [-0.2, 0) is 11.3 Å². The molecule has 0 saturated carbocycles. The number of carbonyl (C=O) groups excluding carboxylic acids is 1. The van der Waals surface area contributed by atoms with Gasteiger partial charge in [0.25, 0.3) is 0 Å². The second kappa shape index (κ2) is 5.83. The molecule has 2 aromatic rings. The molecule has 1 aromatic heterocycles. The molecule has 6 nitrogen and oxygen atoms in total. The highest BCUT2D eigenvalue weighted by atomic mass is 16.1. The summed E-state index contributed by atoms with van der Waals surface area (Å²) in [6.07, 6.45) is 1.45. The van der Waals surface area contributed by atoms with E-state index in [0.29, 0.717) is 25.6 Å². The number of piperidine rings is 1. The molecule has 1 atom stereocenters. The number of H-pyrrole nitrogens is 1. The van der Waals surface area contributed by atoms with E-state index in [2.05, 4.69) is 26.0 Å². The van der Waals surface area contributed by atoms with Crippen LogP contribution in [0.5, 0.6) is 0 Å². The third kappa shape index (κ3) is 2.85. The van der Waals surface area contributed by atoms with Crippen LogP contribution in [0.2, 0.25) is 0 Å². The van der Waals surface area contributed by atoms with Gasteiger partial charge < -0.3 is 10.6 Å². The van der Waals surface area contributed by atoms with Gasteiger partial charge >= 0.3 is 0 Å². The Bertz CT molecular complexity index is 570. The molecule has 1 aliphatic heterocycles. The van der Waals surface area contributed by atoms with Crippen LogP contribution in [0.25, 0.3) is 11.3 Å². The Morgan fingerprint density at radius 3 is 2.85 bits per heavy atom. The number of aromatic amines is 1. The molecular weight excluding hydrogens is 254 g/mol. The number of aromatic nitrogens is 3. The van der Waals surface area contributed by atoms with Gasteiger partial charge in [0.2, 0.25) is 5.91 Å². The SMILES string of the molecule is O=C1CCC(NCc2n[nH]nc2-c2ccccc2)CN1. The third-order valence-corrected chi connectivity index (χ3v) is 3.49. The molecule has 1 unspecified atom stereocenters. The van der Waals surface area contributed by atoms with Crippen molar-refractivity contribution >= 4 is 5.91 Å². The molecule has 1 amide bonds. The van der Waals surface area contributed by atoms with Gasteiger partial charge in [0, 0.05) is 31.1 Å². The maximum atomic E-state index is 11.1. The van der Waals surface area contributed by atoms with Gasteiger partial charge in [-0.15, -0.1) is 0 Å². The second-order valence-corrected chi connectivity index (χ2v) is 4.91. The largest absolute Gasteiger partial charge is 0.355 e. The molecule has 20 heavy (non-hydrogen) atoms. The summed E-state index contributed by atoms with van der Waals surface area (Å²) in [5, 5.41) is 17.4. The summed E-state index contributed by atoms with van der Waals surface area (Å²) >= 11 is 0. The van der Waals surface area contributed by atoms with Crippen molar-refractivity contribution in [3.63, 3.8) is 0 Å². The molecule has 2 heterocycles. The van der Waals surface area contributed by atoms with E-state index < -0.39 is 0 Å². The van der Waals surface area contributed by atoms with Crippen molar-refractivity contribution in [1.82, 2.24) is 26.0 Å². The molecule has 0 spiro atoms.